The van der Waals surface area contributed by atoms with Gasteiger partial charge in [0, 0.05) is 24.5 Å². The highest BCUT2D eigenvalue weighted by molar-refractivity contribution is 7.15. The minimum absolute atomic E-state index is 0.631. The van der Waals surface area contributed by atoms with Crippen LogP contribution in [0.1, 0.15) is 43.7 Å². The molecule has 1 aromatic heterocycles. The van der Waals surface area contributed by atoms with Gasteiger partial charge in [-0.25, -0.2) is 4.98 Å². The quantitative estimate of drug-likeness (QED) is 0.769. The summed E-state index contributed by atoms with van der Waals surface area (Å²) in [7, 11) is 2.19. The van der Waals surface area contributed by atoms with E-state index in [9.17, 15) is 0 Å². The number of nitrogens with one attached hydrogen (secondary N) is 1. The molecule has 1 heterocycles. The summed E-state index contributed by atoms with van der Waals surface area (Å²) in [5, 5.41) is 4.64. The highest BCUT2D eigenvalue weighted by Crippen LogP contribution is 2.37. The van der Waals surface area contributed by atoms with E-state index in [1.165, 1.54) is 35.0 Å². The van der Waals surface area contributed by atoms with Crippen molar-refractivity contribution in [1.29, 1.82) is 0 Å². The molecule has 4 heteroatoms. The topological polar surface area (TPSA) is 28.2 Å². The Morgan fingerprint density at radius 1 is 1.50 bits per heavy atom. The third-order valence-corrected chi connectivity index (χ3v) is 5.06. The monoisotopic (exact) mass is 267 g/mol. The fourth-order valence-corrected chi connectivity index (χ4v) is 3.26. The van der Waals surface area contributed by atoms with Crippen molar-refractivity contribution in [2.24, 2.45) is 5.92 Å². The van der Waals surface area contributed by atoms with Crippen molar-refractivity contribution in [2.45, 2.75) is 52.6 Å². The Bertz CT molecular complexity index is 384. The minimum Gasteiger partial charge on any atom is -0.348 e. The van der Waals surface area contributed by atoms with Gasteiger partial charge in [0.1, 0.15) is 0 Å². The van der Waals surface area contributed by atoms with Gasteiger partial charge < -0.3 is 10.2 Å². The van der Waals surface area contributed by atoms with Crippen LogP contribution in [-0.4, -0.2) is 24.6 Å². The maximum absolute atomic E-state index is 4.72. The van der Waals surface area contributed by atoms with Crippen molar-refractivity contribution < 1.29 is 0 Å². The number of thiazole rings is 1. The molecule has 1 aliphatic carbocycles. The normalized spacial score (nSPS) is 16.9. The SMILES string of the molecule is CCCNCc1sc(N(C)C(C)C2CC2)nc1C. The van der Waals surface area contributed by atoms with Gasteiger partial charge in [-0.1, -0.05) is 6.92 Å². The maximum atomic E-state index is 4.72. The van der Waals surface area contributed by atoms with Crippen LogP contribution in [0.15, 0.2) is 0 Å². The molecule has 0 radical (unpaired) electrons. The summed E-state index contributed by atoms with van der Waals surface area (Å²) in [5.41, 5.74) is 1.19. The van der Waals surface area contributed by atoms with Crippen LogP contribution in [-0.2, 0) is 6.54 Å². The fraction of sp³-hybridized carbons (Fsp3) is 0.786. The second-order valence-electron chi connectivity index (χ2n) is 5.37. The molecule has 1 N–H and O–H groups in total. The van der Waals surface area contributed by atoms with Gasteiger partial charge in [-0.15, -0.1) is 11.3 Å². The lowest BCUT2D eigenvalue weighted by molar-refractivity contribution is 0.607. The Hall–Kier alpha value is -0.610. The first kappa shape index (κ1) is 13.8. The van der Waals surface area contributed by atoms with Gasteiger partial charge in [0.05, 0.1) is 5.69 Å². The molecule has 0 aliphatic heterocycles. The Morgan fingerprint density at radius 2 is 2.22 bits per heavy atom. The Morgan fingerprint density at radius 3 is 2.83 bits per heavy atom. The third-order valence-electron chi connectivity index (χ3n) is 3.81. The average molecular weight is 267 g/mol. The molecule has 1 saturated carbocycles. The van der Waals surface area contributed by atoms with E-state index >= 15 is 0 Å². The van der Waals surface area contributed by atoms with Crippen molar-refractivity contribution in [3.63, 3.8) is 0 Å². The number of hydrogen-bond donors (Lipinski definition) is 1. The van der Waals surface area contributed by atoms with Gasteiger partial charge in [0.15, 0.2) is 5.13 Å². The molecule has 0 saturated heterocycles. The molecule has 1 fully saturated rings. The van der Waals surface area contributed by atoms with Gasteiger partial charge >= 0.3 is 0 Å². The fourth-order valence-electron chi connectivity index (χ4n) is 2.18. The summed E-state index contributed by atoms with van der Waals surface area (Å²) in [6.45, 7) is 8.69. The molecule has 1 aromatic rings. The van der Waals surface area contributed by atoms with Crippen molar-refractivity contribution in [2.75, 3.05) is 18.5 Å². The zero-order valence-corrected chi connectivity index (χ0v) is 12.8. The van der Waals surface area contributed by atoms with E-state index in [0.29, 0.717) is 6.04 Å². The van der Waals surface area contributed by atoms with Crippen LogP contribution in [0.25, 0.3) is 0 Å². The van der Waals surface area contributed by atoms with E-state index in [-0.39, 0.29) is 0 Å². The first-order valence-electron chi connectivity index (χ1n) is 7.03. The molecule has 102 valence electrons. The van der Waals surface area contributed by atoms with Gasteiger partial charge in [0.25, 0.3) is 0 Å². The molecule has 2 rings (SSSR count). The molecule has 3 nitrogen and oxygen atoms in total. The summed E-state index contributed by atoms with van der Waals surface area (Å²) in [6, 6.07) is 0.631. The van der Waals surface area contributed by atoms with E-state index in [2.05, 4.69) is 38.0 Å². The van der Waals surface area contributed by atoms with Crippen LogP contribution in [0, 0.1) is 12.8 Å². The first-order chi connectivity index (χ1) is 8.63. The number of anilines is 1. The second-order valence-corrected chi connectivity index (χ2v) is 6.43. The summed E-state index contributed by atoms with van der Waals surface area (Å²) >= 11 is 1.84. The molecule has 18 heavy (non-hydrogen) atoms. The number of hydrogen-bond acceptors (Lipinski definition) is 4. The number of nitrogens with zero attached hydrogens (tertiary/aromatic N) is 2. The van der Waals surface area contributed by atoms with Gasteiger partial charge in [0.2, 0.25) is 0 Å². The average Bonchev–Trinajstić information content (AvgIpc) is 3.13. The maximum Gasteiger partial charge on any atom is 0.185 e. The van der Waals surface area contributed by atoms with E-state index in [0.717, 1.165) is 19.0 Å². The van der Waals surface area contributed by atoms with Gasteiger partial charge in [-0.3, -0.25) is 0 Å². The predicted molar refractivity (Wildman–Crippen MR) is 79.4 cm³/mol. The second kappa shape index (κ2) is 6.02. The van der Waals surface area contributed by atoms with Crippen molar-refractivity contribution in [3.05, 3.63) is 10.6 Å². The van der Waals surface area contributed by atoms with Crippen LogP contribution >= 0.6 is 11.3 Å². The van der Waals surface area contributed by atoms with E-state index in [1.807, 2.05) is 11.3 Å². The Kier molecular flexibility index (Phi) is 4.62. The zero-order chi connectivity index (χ0) is 13.1. The van der Waals surface area contributed by atoms with Crippen LogP contribution in [0.3, 0.4) is 0 Å². The van der Waals surface area contributed by atoms with Crippen LogP contribution in [0.2, 0.25) is 0 Å². The van der Waals surface area contributed by atoms with Gasteiger partial charge in [-0.2, -0.15) is 0 Å². The summed E-state index contributed by atoms with van der Waals surface area (Å²) in [4.78, 5) is 8.47. The first-order valence-corrected chi connectivity index (χ1v) is 7.85. The smallest absolute Gasteiger partial charge is 0.185 e. The van der Waals surface area contributed by atoms with E-state index in [1.54, 1.807) is 0 Å². The largest absolute Gasteiger partial charge is 0.348 e. The molecule has 0 amide bonds. The predicted octanol–water partition coefficient (Wildman–Crippen LogP) is 3.19. The number of aromatic nitrogens is 1. The zero-order valence-electron chi connectivity index (χ0n) is 12.0. The highest BCUT2D eigenvalue weighted by Gasteiger charge is 2.31. The lowest BCUT2D eigenvalue weighted by atomic mass is 10.2. The minimum atomic E-state index is 0.631. The molecule has 1 atom stereocenters. The molecule has 0 spiro atoms. The molecular formula is C14H25N3S. The molecular weight excluding hydrogens is 242 g/mol. The standard InChI is InChI=1S/C14H25N3S/c1-5-8-15-9-13-10(2)16-14(18-13)17(4)11(3)12-6-7-12/h11-12,15H,5-9H2,1-4H3. The summed E-state index contributed by atoms with van der Waals surface area (Å²) in [6.07, 6.45) is 3.96. The van der Waals surface area contributed by atoms with Crippen LogP contribution < -0.4 is 10.2 Å². The number of rotatable bonds is 7. The number of aryl methyl sites for hydroxylation is 1. The van der Waals surface area contributed by atoms with Crippen molar-refractivity contribution in [1.82, 2.24) is 10.3 Å². The molecule has 0 aromatic carbocycles. The van der Waals surface area contributed by atoms with E-state index in [4.69, 9.17) is 4.98 Å². The summed E-state index contributed by atoms with van der Waals surface area (Å²) in [5.74, 6) is 0.890. The Balaban J connectivity index is 1.98. The van der Waals surface area contributed by atoms with Crippen molar-refractivity contribution in [3.8, 4) is 0 Å². The van der Waals surface area contributed by atoms with Crippen LogP contribution in [0.4, 0.5) is 5.13 Å². The van der Waals surface area contributed by atoms with E-state index < -0.39 is 0 Å². The lowest BCUT2D eigenvalue weighted by Crippen LogP contribution is -2.30. The molecule has 1 aliphatic rings. The Labute approximate surface area is 115 Å². The van der Waals surface area contributed by atoms with Crippen molar-refractivity contribution >= 4 is 16.5 Å². The molecule has 1 unspecified atom stereocenters. The molecule has 0 bridgehead atoms. The van der Waals surface area contributed by atoms with Gasteiger partial charge in [-0.05, 0) is 45.6 Å². The van der Waals surface area contributed by atoms with Crippen LogP contribution in [0.5, 0.6) is 0 Å². The summed E-state index contributed by atoms with van der Waals surface area (Å²) < 4.78 is 0. The highest BCUT2D eigenvalue weighted by atomic mass is 32.1. The lowest BCUT2D eigenvalue weighted by Gasteiger charge is -2.23. The third kappa shape index (κ3) is 3.23.